The Morgan fingerprint density at radius 3 is 1.27 bits per heavy atom. The molecule has 2 rings (SSSR count). The number of hydrogen-bond donors (Lipinski definition) is 0. The molecule has 0 saturated carbocycles. The number of barbiturate groups is 1. The number of imide groups is 2. The normalized spacial score (nSPS) is 15.0. The summed E-state index contributed by atoms with van der Waals surface area (Å²) in [5.41, 5.74) is -0.172. The summed E-state index contributed by atoms with van der Waals surface area (Å²) in [6.07, 6.45) is 23.7. The second-order valence-electron chi connectivity index (χ2n) is 12.6. The van der Waals surface area contributed by atoms with Crippen LogP contribution < -0.4 is 0 Å². The van der Waals surface area contributed by atoms with Crippen molar-refractivity contribution in [3.8, 4) is 0 Å². The molecule has 1 aliphatic heterocycles. The van der Waals surface area contributed by atoms with E-state index in [0.717, 1.165) is 54.2 Å². The van der Waals surface area contributed by atoms with Gasteiger partial charge in [-0.15, -0.1) is 10.1 Å². The van der Waals surface area contributed by atoms with Crippen LogP contribution in [0.2, 0.25) is 0 Å². The molecule has 0 aromatic heterocycles. The lowest BCUT2D eigenvalue weighted by molar-refractivity contribution is -0.218. The van der Waals surface area contributed by atoms with Crippen LogP contribution in [-0.2, 0) is 24.7 Å². The Morgan fingerprint density at radius 2 is 0.909 bits per heavy atom. The maximum absolute atomic E-state index is 13.9. The molecule has 0 bridgehead atoms. The summed E-state index contributed by atoms with van der Waals surface area (Å²) in [6.45, 7) is 8.64. The van der Waals surface area contributed by atoms with Gasteiger partial charge in [0.25, 0.3) is 11.8 Å². The number of amides is 4. The number of rotatable bonds is 26. The van der Waals surface area contributed by atoms with Crippen molar-refractivity contribution in [2.45, 2.75) is 168 Å². The highest BCUT2D eigenvalue weighted by molar-refractivity contribution is 6.21. The summed E-state index contributed by atoms with van der Waals surface area (Å²) in [5, 5.41) is 1.59. The van der Waals surface area contributed by atoms with E-state index in [2.05, 4.69) is 13.8 Å². The van der Waals surface area contributed by atoms with E-state index in [0.29, 0.717) is 5.56 Å². The zero-order chi connectivity index (χ0) is 32.0. The molecule has 0 spiro atoms. The zero-order valence-electron chi connectivity index (χ0n) is 28.5. The largest absolute Gasteiger partial charge is 0.382 e. The van der Waals surface area contributed by atoms with Gasteiger partial charge < -0.3 is 0 Å². The van der Waals surface area contributed by atoms with Crippen LogP contribution in [0.5, 0.6) is 0 Å². The highest BCUT2D eigenvalue weighted by Gasteiger charge is 2.59. The van der Waals surface area contributed by atoms with Gasteiger partial charge in [0.05, 0.1) is 13.2 Å². The first-order chi connectivity index (χ1) is 21.4. The highest BCUT2D eigenvalue weighted by atomic mass is 16.7. The van der Waals surface area contributed by atoms with E-state index < -0.39 is 23.3 Å². The van der Waals surface area contributed by atoms with Crippen molar-refractivity contribution < 1.29 is 24.1 Å². The Morgan fingerprint density at radius 1 is 0.545 bits per heavy atom. The van der Waals surface area contributed by atoms with Crippen LogP contribution in [0, 0.1) is 6.92 Å². The first kappa shape index (κ1) is 37.9. The van der Waals surface area contributed by atoms with Crippen LogP contribution in [0.1, 0.15) is 167 Å². The van der Waals surface area contributed by atoms with Crippen molar-refractivity contribution in [1.82, 2.24) is 10.1 Å². The summed E-state index contributed by atoms with van der Waals surface area (Å²) in [7, 11) is 0. The van der Waals surface area contributed by atoms with Crippen molar-refractivity contribution in [2.75, 3.05) is 13.2 Å². The fourth-order valence-corrected chi connectivity index (χ4v) is 6.19. The minimum absolute atomic E-state index is 0.193. The summed E-state index contributed by atoms with van der Waals surface area (Å²) >= 11 is 0. The SMILES string of the molecule is CCCCCCCCCCCCON1C(=O)N(OCCCCCCCCCCCC)C(=O)C(CC)(c2ccccc2C)C1=O. The van der Waals surface area contributed by atoms with Crippen LogP contribution in [0.15, 0.2) is 24.3 Å². The van der Waals surface area contributed by atoms with Gasteiger partial charge in [0.2, 0.25) is 0 Å². The van der Waals surface area contributed by atoms with Gasteiger partial charge in [-0.25, -0.2) is 4.79 Å². The highest BCUT2D eigenvalue weighted by Crippen LogP contribution is 2.38. The Hall–Kier alpha value is -2.25. The summed E-state index contributed by atoms with van der Waals surface area (Å²) < 4.78 is 0. The maximum atomic E-state index is 13.9. The number of aryl methyl sites for hydroxylation is 1. The molecule has 0 radical (unpaired) electrons. The van der Waals surface area contributed by atoms with Gasteiger partial charge in [-0.2, -0.15) is 0 Å². The van der Waals surface area contributed by atoms with Crippen molar-refractivity contribution in [3.05, 3.63) is 35.4 Å². The lowest BCUT2D eigenvalue weighted by atomic mass is 9.73. The molecule has 1 fully saturated rings. The van der Waals surface area contributed by atoms with Gasteiger partial charge in [-0.3, -0.25) is 19.3 Å². The molecule has 0 unspecified atom stereocenters. The van der Waals surface area contributed by atoms with Gasteiger partial charge in [-0.05, 0) is 37.3 Å². The molecule has 0 N–H and O–H groups in total. The van der Waals surface area contributed by atoms with Crippen LogP contribution in [0.4, 0.5) is 4.79 Å². The number of carbonyl (C=O) groups excluding carboxylic acids is 3. The van der Waals surface area contributed by atoms with Crippen molar-refractivity contribution >= 4 is 17.8 Å². The molecule has 1 heterocycles. The van der Waals surface area contributed by atoms with E-state index in [-0.39, 0.29) is 19.6 Å². The van der Waals surface area contributed by atoms with Crippen LogP contribution in [-0.4, -0.2) is 41.2 Å². The second kappa shape index (κ2) is 22.3. The number of benzene rings is 1. The van der Waals surface area contributed by atoms with E-state index >= 15 is 0 Å². The third-order valence-corrected chi connectivity index (χ3v) is 9.02. The van der Waals surface area contributed by atoms with E-state index in [4.69, 9.17) is 9.68 Å². The molecular formula is C37H62N2O5. The molecular weight excluding hydrogens is 552 g/mol. The molecule has 7 nitrogen and oxygen atoms in total. The van der Waals surface area contributed by atoms with Gasteiger partial charge in [0.15, 0.2) is 5.41 Å². The van der Waals surface area contributed by atoms with Crippen molar-refractivity contribution in [3.63, 3.8) is 0 Å². The van der Waals surface area contributed by atoms with Crippen molar-refractivity contribution in [1.29, 1.82) is 0 Å². The van der Waals surface area contributed by atoms with Crippen molar-refractivity contribution in [2.24, 2.45) is 0 Å². The molecule has 0 atom stereocenters. The predicted octanol–water partition coefficient (Wildman–Crippen LogP) is 10.1. The van der Waals surface area contributed by atoms with Crippen LogP contribution >= 0.6 is 0 Å². The summed E-state index contributed by atoms with van der Waals surface area (Å²) in [4.78, 5) is 53.0. The lowest BCUT2D eigenvalue weighted by Gasteiger charge is -2.42. The molecule has 7 heteroatoms. The smallest absolute Gasteiger partial charge is 0.270 e. The first-order valence-electron chi connectivity index (χ1n) is 18.0. The summed E-state index contributed by atoms with van der Waals surface area (Å²) in [5.74, 6) is -1.26. The Labute approximate surface area is 268 Å². The Bertz CT molecular complexity index is 917. The molecule has 1 aromatic carbocycles. The fourth-order valence-electron chi connectivity index (χ4n) is 6.19. The van der Waals surface area contributed by atoms with Gasteiger partial charge in [-0.1, -0.05) is 161 Å². The zero-order valence-corrected chi connectivity index (χ0v) is 28.5. The molecule has 0 aliphatic carbocycles. The van der Waals surface area contributed by atoms with E-state index in [9.17, 15) is 14.4 Å². The third kappa shape index (κ3) is 11.6. The topological polar surface area (TPSA) is 76.2 Å². The molecule has 1 aromatic rings. The van der Waals surface area contributed by atoms with E-state index in [1.165, 1.54) is 89.9 Å². The minimum atomic E-state index is -1.57. The Kier molecular flexibility index (Phi) is 19.2. The standard InChI is InChI=1S/C37H62N2O5/c1-5-8-10-12-14-16-18-20-22-26-30-43-38-34(40)37(7-3,33-29-25-24-28-32(33)4)35(41)39(36(38)42)44-31-27-23-21-19-17-15-13-11-9-6-2/h24-25,28-29H,5-23,26-27,30-31H2,1-4H3. The monoisotopic (exact) mass is 614 g/mol. The number of carbonyl (C=O) groups is 3. The molecule has 4 amide bonds. The van der Waals surface area contributed by atoms with Gasteiger partial charge in [0.1, 0.15) is 0 Å². The first-order valence-corrected chi connectivity index (χ1v) is 18.0. The van der Waals surface area contributed by atoms with Crippen LogP contribution in [0.25, 0.3) is 0 Å². The number of unbranched alkanes of at least 4 members (excludes halogenated alkanes) is 18. The molecule has 44 heavy (non-hydrogen) atoms. The quantitative estimate of drug-likeness (QED) is 0.0766. The van der Waals surface area contributed by atoms with Crippen LogP contribution in [0.3, 0.4) is 0 Å². The number of nitrogens with zero attached hydrogens (tertiary/aromatic N) is 2. The maximum Gasteiger partial charge on any atom is 0.382 e. The molecule has 250 valence electrons. The third-order valence-electron chi connectivity index (χ3n) is 9.02. The average molecular weight is 615 g/mol. The average Bonchev–Trinajstić information content (AvgIpc) is 3.02. The van der Waals surface area contributed by atoms with Gasteiger partial charge >= 0.3 is 6.03 Å². The van der Waals surface area contributed by atoms with Gasteiger partial charge in [0, 0.05) is 0 Å². The number of hydrogen-bond acceptors (Lipinski definition) is 5. The second-order valence-corrected chi connectivity index (χ2v) is 12.6. The number of hydroxylamine groups is 4. The fraction of sp³-hybridized carbons (Fsp3) is 0.757. The lowest BCUT2D eigenvalue weighted by Crippen LogP contribution is -2.67. The number of urea groups is 1. The minimum Gasteiger partial charge on any atom is -0.270 e. The van der Waals surface area contributed by atoms with E-state index in [1.807, 2.05) is 25.1 Å². The Balaban J connectivity index is 1.94. The summed E-state index contributed by atoms with van der Waals surface area (Å²) in [6, 6.07) is 6.53. The molecule has 1 aliphatic rings. The molecule has 1 saturated heterocycles. The van der Waals surface area contributed by atoms with E-state index in [1.54, 1.807) is 13.0 Å². The predicted molar refractivity (Wildman–Crippen MR) is 178 cm³/mol.